The lowest BCUT2D eigenvalue weighted by molar-refractivity contribution is -0.139. The topological polar surface area (TPSA) is 96.0 Å². The predicted molar refractivity (Wildman–Crippen MR) is 158 cm³/mol. The van der Waals surface area contributed by atoms with Crippen molar-refractivity contribution in [2.75, 3.05) is 17.5 Å². The summed E-state index contributed by atoms with van der Waals surface area (Å²) < 4.78 is 34.7. The van der Waals surface area contributed by atoms with Crippen LogP contribution in [0, 0.1) is 0 Å². The first-order chi connectivity index (χ1) is 19.1. The average Bonchev–Trinajstić information content (AvgIpc) is 2.96. The van der Waals surface area contributed by atoms with Crippen molar-refractivity contribution >= 4 is 39.1 Å². The average molecular weight is 586 g/mol. The molecule has 0 aliphatic heterocycles. The van der Waals surface area contributed by atoms with Gasteiger partial charge in [0.15, 0.2) is 0 Å². The van der Waals surface area contributed by atoms with E-state index in [0.717, 1.165) is 16.3 Å². The van der Waals surface area contributed by atoms with Crippen molar-refractivity contribution < 1.29 is 22.7 Å². The van der Waals surface area contributed by atoms with E-state index < -0.39 is 28.5 Å². The molecule has 40 heavy (non-hydrogen) atoms. The van der Waals surface area contributed by atoms with Gasteiger partial charge in [-0.25, -0.2) is 8.42 Å². The lowest BCUT2D eigenvalue weighted by Gasteiger charge is -2.33. The highest BCUT2D eigenvalue weighted by atomic mass is 35.5. The lowest BCUT2D eigenvalue weighted by Crippen LogP contribution is -2.52. The molecule has 214 valence electrons. The maximum absolute atomic E-state index is 14.0. The number of para-hydroxylation sites is 2. The number of carbonyl (C=O) groups is 2. The number of anilines is 1. The zero-order valence-corrected chi connectivity index (χ0v) is 24.8. The van der Waals surface area contributed by atoms with Crippen LogP contribution in [0.5, 0.6) is 5.75 Å². The van der Waals surface area contributed by atoms with Crippen molar-refractivity contribution in [2.24, 2.45) is 0 Å². The Balaban J connectivity index is 2.06. The number of rotatable bonds is 13. The molecular formula is C30H36ClN3O5S. The molecule has 1 N–H and O–H groups in total. The van der Waals surface area contributed by atoms with Gasteiger partial charge in [0, 0.05) is 17.6 Å². The molecule has 0 spiro atoms. The van der Waals surface area contributed by atoms with E-state index in [0.29, 0.717) is 17.4 Å². The van der Waals surface area contributed by atoms with Crippen LogP contribution in [-0.2, 0) is 26.2 Å². The van der Waals surface area contributed by atoms with Gasteiger partial charge in [0.2, 0.25) is 11.8 Å². The van der Waals surface area contributed by atoms with Crippen molar-refractivity contribution in [3.05, 3.63) is 89.4 Å². The van der Waals surface area contributed by atoms with E-state index in [1.54, 1.807) is 80.6 Å². The fraction of sp³-hybridized carbons (Fsp3) is 0.333. The molecule has 0 bridgehead atoms. The minimum atomic E-state index is -4.18. The van der Waals surface area contributed by atoms with Crippen LogP contribution in [0.1, 0.15) is 39.7 Å². The number of halogens is 1. The van der Waals surface area contributed by atoms with Crippen LogP contribution < -0.4 is 14.4 Å². The summed E-state index contributed by atoms with van der Waals surface area (Å²) in [5, 5.41) is 3.46. The van der Waals surface area contributed by atoms with E-state index >= 15 is 0 Å². The van der Waals surface area contributed by atoms with Gasteiger partial charge in [-0.15, -0.1) is 0 Å². The van der Waals surface area contributed by atoms with Gasteiger partial charge in [0.1, 0.15) is 18.3 Å². The standard InChI is InChI=1S/C30H36ClN3O5S/c1-5-22(3)32-30(36)23(4)33(20-24-16-18-25(31)19-17-24)29(35)21-34(27-14-10-11-15-28(27)39-6-2)40(37,38)26-12-8-7-9-13-26/h7-19,22-23H,5-6,20-21H2,1-4H3,(H,32,36)/t22-,23+/m1/s1. The first-order valence-corrected chi connectivity index (χ1v) is 15.0. The number of nitrogens with zero attached hydrogens (tertiary/aromatic N) is 2. The van der Waals surface area contributed by atoms with Gasteiger partial charge in [-0.3, -0.25) is 13.9 Å². The SMILES string of the molecule is CCOc1ccccc1N(CC(=O)N(Cc1ccc(Cl)cc1)[C@@H](C)C(=O)N[C@H](C)CC)S(=O)(=O)c1ccccc1. The molecule has 3 rings (SSSR count). The Kier molecular flexibility index (Phi) is 11.0. The van der Waals surface area contributed by atoms with Crippen LogP contribution in [-0.4, -0.2) is 50.4 Å². The van der Waals surface area contributed by atoms with Crippen LogP contribution in [0.25, 0.3) is 0 Å². The highest BCUT2D eigenvalue weighted by Crippen LogP contribution is 2.33. The molecule has 0 unspecified atom stereocenters. The maximum Gasteiger partial charge on any atom is 0.264 e. The summed E-state index contributed by atoms with van der Waals surface area (Å²) in [5.74, 6) is -0.555. The van der Waals surface area contributed by atoms with Gasteiger partial charge < -0.3 is 15.0 Å². The van der Waals surface area contributed by atoms with Gasteiger partial charge in [-0.1, -0.05) is 61.0 Å². The third-order valence-corrected chi connectivity index (χ3v) is 8.50. The Morgan fingerprint density at radius 3 is 2.17 bits per heavy atom. The molecule has 0 saturated carbocycles. The largest absolute Gasteiger partial charge is 0.492 e. The Labute approximate surface area is 241 Å². The van der Waals surface area contributed by atoms with Crippen LogP contribution in [0.3, 0.4) is 0 Å². The van der Waals surface area contributed by atoms with Crippen LogP contribution in [0.15, 0.2) is 83.8 Å². The second kappa shape index (κ2) is 14.2. The van der Waals surface area contributed by atoms with E-state index in [9.17, 15) is 18.0 Å². The molecule has 8 nitrogen and oxygen atoms in total. The molecule has 0 aliphatic rings. The molecule has 0 radical (unpaired) electrons. The molecule has 3 aromatic rings. The van der Waals surface area contributed by atoms with Crippen molar-refractivity contribution in [2.45, 2.75) is 57.6 Å². The van der Waals surface area contributed by atoms with E-state index in [2.05, 4.69) is 5.32 Å². The Morgan fingerprint density at radius 1 is 0.925 bits per heavy atom. The van der Waals surface area contributed by atoms with Crippen molar-refractivity contribution in [1.29, 1.82) is 0 Å². The number of hydrogen-bond acceptors (Lipinski definition) is 5. The van der Waals surface area contributed by atoms with E-state index in [1.807, 2.05) is 13.8 Å². The van der Waals surface area contributed by atoms with E-state index in [1.165, 1.54) is 17.0 Å². The number of benzene rings is 3. The summed E-state index contributed by atoms with van der Waals surface area (Å²) >= 11 is 6.05. The van der Waals surface area contributed by atoms with Crippen LogP contribution in [0.4, 0.5) is 5.69 Å². The van der Waals surface area contributed by atoms with Gasteiger partial charge >= 0.3 is 0 Å². The number of hydrogen-bond donors (Lipinski definition) is 1. The third kappa shape index (κ3) is 7.76. The number of sulfonamides is 1. The Hall–Kier alpha value is -3.56. The summed E-state index contributed by atoms with van der Waals surface area (Å²) in [6.45, 7) is 7.11. The first kappa shape index (κ1) is 31.0. The minimum absolute atomic E-state index is 0.0286. The molecule has 10 heteroatoms. The van der Waals surface area contributed by atoms with Crippen LogP contribution >= 0.6 is 11.6 Å². The summed E-state index contributed by atoms with van der Waals surface area (Å²) in [5.41, 5.74) is 0.970. The Morgan fingerprint density at radius 2 is 1.55 bits per heavy atom. The Bertz CT molecular complexity index is 1380. The molecule has 0 fully saturated rings. The van der Waals surface area contributed by atoms with Crippen molar-refractivity contribution in [3.63, 3.8) is 0 Å². The maximum atomic E-state index is 14.0. The molecule has 0 aromatic heterocycles. The molecular weight excluding hydrogens is 550 g/mol. The number of carbonyl (C=O) groups excluding carboxylic acids is 2. The number of amides is 2. The molecule has 0 aliphatic carbocycles. The quantitative estimate of drug-likeness (QED) is 0.295. The highest BCUT2D eigenvalue weighted by molar-refractivity contribution is 7.92. The summed E-state index contributed by atoms with van der Waals surface area (Å²) in [4.78, 5) is 28.6. The lowest BCUT2D eigenvalue weighted by atomic mass is 10.1. The zero-order valence-electron chi connectivity index (χ0n) is 23.2. The molecule has 0 saturated heterocycles. The van der Waals surface area contributed by atoms with E-state index in [4.69, 9.17) is 16.3 Å². The number of ether oxygens (including phenoxy) is 1. The van der Waals surface area contributed by atoms with Gasteiger partial charge in [-0.05, 0) is 69.2 Å². The van der Waals surface area contributed by atoms with Gasteiger partial charge in [0.05, 0.1) is 17.2 Å². The van der Waals surface area contributed by atoms with Gasteiger partial charge in [-0.2, -0.15) is 0 Å². The highest BCUT2D eigenvalue weighted by Gasteiger charge is 2.34. The minimum Gasteiger partial charge on any atom is -0.492 e. The fourth-order valence-electron chi connectivity index (χ4n) is 4.01. The molecule has 2 atom stereocenters. The second-order valence-corrected chi connectivity index (χ2v) is 11.7. The van der Waals surface area contributed by atoms with Crippen LogP contribution in [0.2, 0.25) is 5.02 Å². The number of nitrogens with one attached hydrogen (secondary N) is 1. The van der Waals surface area contributed by atoms with E-state index in [-0.39, 0.29) is 29.1 Å². The molecule has 2 amide bonds. The molecule has 0 heterocycles. The smallest absolute Gasteiger partial charge is 0.264 e. The predicted octanol–water partition coefficient (Wildman–Crippen LogP) is 5.27. The second-order valence-electron chi connectivity index (χ2n) is 9.37. The van der Waals surface area contributed by atoms with Crippen molar-refractivity contribution in [1.82, 2.24) is 10.2 Å². The monoisotopic (exact) mass is 585 g/mol. The molecule has 3 aromatic carbocycles. The summed E-state index contributed by atoms with van der Waals surface area (Å²) in [6.07, 6.45) is 0.723. The fourth-order valence-corrected chi connectivity index (χ4v) is 5.58. The zero-order chi connectivity index (χ0) is 29.3. The van der Waals surface area contributed by atoms with Crippen molar-refractivity contribution in [3.8, 4) is 5.75 Å². The summed E-state index contributed by atoms with van der Waals surface area (Å²) in [7, 11) is -4.18. The first-order valence-electron chi connectivity index (χ1n) is 13.2. The normalized spacial score (nSPS) is 12.7. The van der Waals surface area contributed by atoms with Gasteiger partial charge in [0.25, 0.3) is 10.0 Å². The third-order valence-electron chi connectivity index (χ3n) is 6.48. The summed E-state index contributed by atoms with van der Waals surface area (Å²) in [6, 6.07) is 20.6.